The van der Waals surface area contributed by atoms with E-state index in [2.05, 4.69) is 34.1 Å². The molecule has 2 aromatic rings. The zero-order chi connectivity index (χ0) is 13.8. The molecule has 0 aliphatic rings. The van der Waals surface area contributed by atoms with Crippen LogP contribution in [0, 0.1) is 0 Å². The van der Waals surface area contributed by atoms with Crippen molar-refractivity contribution >= 4 is 17.3 Å². The summed E-state index contributed by atoms with van der Waals surface area (Å²) in [5.41, 5.74) is 0.691. The summed E-state index contributed by atoms with van der Waals surface area (Å²) >= 11 is 1.55. The van der Waals surface area contributed by atoms with Gasteiger partial charge in [0.25, 0.3) is 6.43 Å². The highest BCUT2D eigenvalue weighted by molar-refractivity contribution is 7.15. The first-order chi connectivity index (χ1) is 9.06. The number of nitrogens with zero attached hydrogens (tertiary/aromatic N) is 3. The molecule has 4 nitrogen and oxygen atoms in total. The number of halogens is 2. The van der Waals surface area contributed by atoms with Crippen LogP contribution in [0.5, 0.6) is 0 Å². The third-order valence-electron chi connectivity index (χ3n) is 2.34. The molecule has 0 aromatic carbocycles. The quantitative estimate of drug-likeness (QED) is 0.914. The molecule has 0 saturated heterocycles. The van der Waals surface area contributed by atoms with Crippen LogP contribution in [0.2, 0.25) is 0 Å². The Balaban J connectivity index is 2.17. The van der Waals surface area contributed by atoms with E-state index in [1.807, 2.05) is 0 Å². The maximum absolute atomic E-state index is 12.1. The first kappa shape index (κ1) is 13.8. The average molecular weight is 284 g/mol. The zero-order valence-electron chi connectivity index (χ0n) is 10.6. The SMILES string of the molecule is CC(C)c1ncc(-c2ccnc(NCC(F)F)n2)s1. The summed E-state index contributed by atoms with van der Waals surface area (Å²) in [5.74, 6) is 0.564. The molecule has 0 unspecified atom stereocenters. The Morgan fingerprint density at radius 2 is 2.11 bits per heavy atom. The highest BCUT2D eigenvalue weighted by Crippen LogP contribution is 2.28. The van der Waals surface area contributed by atoms with Crippen molar-refractivity contribution in [2.45, 2.75) is 26.2 Å². The number of nitrogens with one attached hydrogen (secondary N) is 1. The van der Waals surface area contributed by atoms with Crippen molar-refractivity contribution in [3.05, 3.63) is 23.5 Å². The monoisotopic (exact) mass is 284 g/mol. The Hall–Kier alpha value is -1.63. The molecular formula is C12H14F2N4S. The topological polar surface area (TPSA) is 50.7 Å². The van der Waals surface area contributed by atoms with Crippen molar-refractivity contribution < 1.29 is 8.78 Å². The lowest BCUT2D eigenvalue weighted by atomic mass is 10.2. The fourth-order valence-electron chi connectivity index (χ4n) is 1.42. The molecule has 0 amide bonds. The van der Waals surface area contributed by atoms with Crippen LogP contribution >= 0.6 is 11.3 Å². The summed E-state index contributed by atoms with van der Waals surface area (Å²) in [7, 11) is 0. The molecule has 2 heterocycles. The standard InChI is InChI=1S/C12H14F2N4S/c1-7(2)11-16-5-9(19-11)8-3-4-15-12(18-8)17-6-10(13)14/h3-5,7,10H,6H2,1-2H3,(H,15,17,18). The predicted octanol–water partition coefficient (Wildman–Crippen LogP) is 3.40. The molecule has 0 saturated carbocycles. The normalized spacial score (nSPS) is 11.3. The second-order valence-corrected chi connectivity index (χ2v) is 5.32. The van der Waals surface area contributed by atoms with Crippen molar-refractivity contribution in [3.8, 4) is 10.6 Å². The summed E-state index contributed by atoms with van der Waals surface area (Å²) < 4.78 is 24.2. The van der Waals surface area contributed by atoms with Gasteiger partial charge < -0.3 is 5.32 Å². The Morgan fingerprint density at radius 3 is 2.74 bits per heavy atom. The van der Waals surface area contributed by atoms with Gasteiger partial charge >= 0.3 is 0 Å². The predicted molar refractivity (Wildman–Crippen MR) is 71.7 cm³/mol. The molecule has 0 fully saturated rings. The molecule has 0 aliphatic heterocycles. The van der Waals surface area contributed by atoms with Gasteiger partial charge in [0.15, 0.2) is 0 Å². The lowest BCUT2D eigenvalue weighted by molar-refractivity contribution is 0.163. The van der Waals surface area contributed by atoms with E-state index >= 15 is 0 Å². The Bertz CT molecular complexity index is 542. The summed E-state index contributed by atoms with van der Waals surface area (Å²) in [4.78, 5) is 13.3. The molecule has 1 N–H and O–H groups in total. The van der Waals surface area contributed by atoms with Crippen molar-refractivity contribution in [2.75, 3.05) is 11.9 Å². The van der Waals surface area contributed by atoms with Crippen LogP contribution in [0.15, 0.2) is 18.5 Å². The van der Waals surface area contributed by atoms with E-state index in [1.165, 1.54) is 0 Å². The summed E-state index contributed by atoms with van der Waals surface area (Å²) in [6, 6.07) is 1.74. The van der Waals surface area contributed by atoms with Gasteiger partial charge in [-0.05, 0) is 6.07 Å². The lowest BCUT2D eigenvalue weighted by Gasteiger charge is -2.04. The van der Waals surface area contributed by atoms with E-state index in [4.69, 9.17) is 0 Å². The molecule has 0 radical (unpaired) electrons. The van der Waals surface area contributed by atoms with Crippen LogP contribution < -0.4 is 5.32 Å². The summed E-state index contributed by atoms with van der Waals surface area (Å²) in [6.07, 6.45) is 0.868. The maximum Gasteiger partial charge on any atom is 0.255 e. The van der Waals surface area contributed by atoms with Gasteiger partial charge in [-0.15, -0.1) is 11.3 Å². The van der Waals surface area contributed by atoms with Crippen molar-refractivity contribution in [2.24, 2.45) is 0 Å². The number of hydrogen-bond acceptors (Lipinski definition) is 5. The molecule has 7 heteroatoms. The molecule has 0 aliphatic carbocycles. The largest absolute Gasteiger partial charge is 0.348 e. The van der Waals surface area contributed by atoms with Gasteiger partial charge in [-0.25, -0.2) is 23.7 Å². The van der Waals surface area contributed by atoms with E-state index < -0.39 is 13.0 Å². The molecule has 0 bridgehead atoms. The van der Waals surface area contributed by atoms with Crippen molar-refractivity contribution in [1.82, 2.24) is 15.0 Å². The van der Waals surface area contributed by atoms with Gasteiger partial charge in [0, 0.05) is 18.3 Å². The molecular weight excluding hydrogens is 270 g/mol. The minimum absolute atomic E-state index is 0.206. The lowest BCUT2D eigenvalue weighted by Crippen LogP contribution is -2.12. The van der Waals surface area contributed by atoms with E-state index in [-0.39, 0.29) is 5.95 Å². The fraction of sp³-hybridized carbons (Fsp3) is 0.417. The van der Waals surface area contributed by atoms with Crippen molar-refractivity contribution in [1.29, 1.82) is 0 Å². The number of hydrogen-bond donors (Lipinski definition) is 1. The van der Waals surface area contributed by atoms with Crippen LogP contribution in [-0.4, -0.2) is 27.9 Å². The number of thiazole rings is 1. The molecule has 0 atom stereocenters. The zero-order valence-corrected chi connectivity index (χ0v) is 11.4. The van der Waals surface area contributed by atoms with Crippen LogP contribution in [-0.2, 0) is 0 Å². The van der Waals surface area contributed by atoms with E-state index in [1.54, 1.807) is 29.8 Å². The van der Waals surface area contributed by atoms with Crippen LogP contribution in [0.3, 0.4) is 0 Å². The first-order valence-electron chi connectivity index (χ1n) is 5.87. The highest BCUT2D eigenvalue weighted by atomic mass is 32.1. The second kappa shape index (κ2) is 6.01. The number of anilines is 1. The Labute approximate surface area is 113 Å². The van der Waals surface area contributed by atoms with E-state index in [0.29, 0.717) is 11.6 Å². The Morgan fingerprint density at radius 1 is 1.32 bits per heavy atom. The number of alkyl halides is 2. The Kier molecular flexibility index (Phi) is 4.36. The van der Waals surface area contributed by atoms with Gasteiger partial charge in [-0.3, -0.25) is 0 Å². The highest BCUT2D eigenvalue weighted by Gasteiger charge is 2.10. The van der Waals surface area contributed by atoms with Crippen LogP contribution in [0.25, 0.3) is 10.6 Å². The molecule has 2 aromatic heterocycles. The average Bonchev–Trinajstić information content (AvgIpc) is 2.86. The molecule has 2 rings (SSSR count). The smallest absolute Gasteiger partial charge is 0.255 e. The third kappa shape index (κ3) is 3.66. The van der Waals surface area contributed by atoms with Gasteiger partial charge in [0.05, 0.1) is 22.1 Å². The molecule has 0 spiro atoms. The number of rotatable bonds is 5. The van der Waals surface area contributed by atoms with E-state index in [9.17, 15) is 8.78 Å². The van der Waals surface area contributed by atoms with Crippen LogP contribution in [0.1, 0.15) is 24.8 Å². The van der Waals surface area contributed by atoms with Gasteiger partial charge in [-0.1, -0.05) is 13.8 Å². The summed E-state index contributed by atoms with van der Waals surface area (Å²) in [5, 5.41) is 3.52. The molecule has 19 heavy (non-hydrogen) atoms. The van der Waals surface area contributed by atoms with E-state index in [0.717, 1.165) is 9.88 Å². The van der Waals surface area contributed by atoms with Crippen LogP contribution in [0.4, 0.5) is 14.7 Å². The van der Waals surface area contributed by atoms with Gasteiger partial charge in [0.2, 0.25) is 5.95 Å². The summed E-state index contributed by atoms with van der Waals surface area (Å²) in [6.45, 7) is 3.68. The van der Waals surface area contributed by atoms with Gasteiger partial charge in [0.1, 0.15) is 0 Å². The second-order valence-electron chi connectivity index (χ2n) is 4.25. The molecule has 102 valence electrons. The minimum Gasteiger partial charge on any atom is -0.348 e. The fourth-order valence-corrected chi connectivity index (χ4v) is 2.31. The minimum atomic E-state index is -2.43. The first-order valence-corrected chi connectivity index (χ1v) is 6.69. The number of aromatic nitrogens is 3. The third-order valence-corrected chi connectivity index (χ3v) is 3.66. The maximum atomic E-state index is 12.1. The van der Waals surface area contributed by atoms with Crippen molar-refractivity contribution in [3.63, 3.8) is 0 Å². The van der Waals surface area contributed by atoms with Gasteiger partial charge in [-0.2, -0.15) is 0 Å².